The molecule has 4 N–H and O–H groups in total. The van der Waals surface area contributed by atoms with Gasteiger partial charge in [-0.2, -0.15) is 0 Å². The maximum absolute atomic E-state index is 12.1. The molecule has 8 heteroatoms. The second kappa shape index (κ2) is 32.4. The van der Waals surface area contributed by atoms with Crippen LogP contribution in [0.25, 0.3) is 0 Å². The van der Waals surface area contributed by atoms with Crippen LogP contribution in [-0.4, -0.2) is 70.0 Å². The zero-order valence-corrected chi connectivity index (χ0v) is 28.6. The number of rotatable bonds is 30. The molecule has 0 amide bonds. The SMILES string of the molecule is CC/C=C\C[C@@H](O)/C=C/C=C/C=C\C=C/[C@H](O)[C@@H](O)CCCC(=O)OC[C@H](CO)OC(=O)CCCCCCCCCCCCCC. The van der Waals surface area contributed by atoms with Crippen molar-refractivity contribution in [3.05, 3.63) is 60.8 Å². The van der Waals surface area contributed by atoms with Gasteiger partial charge in [0.05, 0.1) is 24.9 Å². The molecule has 0 heterocycles. The molecule has 0 aromatic carbocycles. The van der Waals surface area contributed by atoms with Gasteiger partial charge in [0.2, 0.25) is 0 Å². The summed E-state index contributed by atoms with van der Waals surface area (Å²) in [6, 6.07) is 0. The Morgan fingerprint density at radius 1 is 0.652 bits per heavy atom. The second-order valence-corrected chi connectivity index (χ2v) is 11.8. The summed E-state index contributed by atoms with van der Waals surface area (Å²) in [5.41, 5.74) is 0. The number of hydrogen-bond acceptors (Lipinski definition) is 8. The molecule has 4 atom stereocenters. The van der Waals surface area contributed by atoms with E-state index in [-0.39, 0.29) is 25.9 Å². The Hall–Kier alpha value is -2.52. The molecule has 0 aromatic heterocycles. The van der Waals surface area contributed by atoms with Crippen LogP contribution < -0.4 is 0 Å². The van der Waals surface area contributed by atoms with Gasteiger partial charge < -0.3 is 29.9 Å². The number of esters is 2. The largest absolute Gasteiger partial charge is 0.462 e. The number of carbonyl (C=O) groups is 2. The third-order valence-corrected chi connectivity index (χ3v) is 7.42. The third kappa shape index (κ3) is 28.9. The lowest BCUT2D eigenvalue weighted by atomic mass is 10.0. The van der Waals surface area contributed by atoms with E-state index in [0.29, 0.717) is 12.8 Å². The second-order valence-electron chi connectivity index (χ2n) is 11.8. The summed E-state index contributed by atoms with van der Waals surface area (Å²) in [7, 11) is 0. The Morgan fingerprint density at radius 3 is 1.78 bits per heavy atom. The predicted octanol–water partition coefficient (Wildman–Crippen LogP) is 7.36. The Bertz CT molecular complexity index is 876. The zero-order valence-electron chi connectivity index (χ0n) is 28.6. The van der Waals surface area contributed by atoms with E-state index in [1.165, 1.54) is 63.9 Å². The minimum Gasteiger partial charge on any atom is -0.462 e. The van der Waals surface area contributed by atoms with E-state index in [0.717, 1.165) is 25.7 Å². The first kappa shape index (κ1) is 43.5. The van der Waals surface area contributed by atoms with E-state index in [9.17, 15) is 30.0 Å². The average Bonchev–Trinajstić information content (AvgIpc) is 3.04. The average molecular weight is 649 g/mol. The van der Waals surface area contributed by atoms with Gasteiger partial charge in [-0.1, -0.05) is 145 Å². The maximum Gasteiger partial charge on any atom is 0.306 e. The summed E-state index contributed by atoms with van der Waals surface area (Å²) in [5, 5.41) is 39.5. The Balaban J connectivity index is 3.99. The molecule has 0 spiro atoms. The fourth-order valence-corrected chi connectivity index (χ4v) is 4.60. The maximum atomic E-state index is 12.1. The minimum atomic E-state index is -1.08. The summed E-state index contributed by atoms with van der Waals surface area (Å²) in [6.07, 6.45) is 30.9. The summed E-state index contributed by atoms with van der Waals surface area (Å²) < 4.78 is 10.4. The molecular formula is C38H64O8. The van der Waals surface area contributed by atoms with Crippen molar-refractivity contribution >= 4 is 11.9 Å². The highest BCUT2D eigenvalue weighted by molar-refractivity contribution is 5.70. The standard InChI is InChI=1S/C38H64O8/c1-3-5-7-8-9-10-11-12-13-14-19-23-29-38(44)46-34(31-39)32-45-37(43)30-24-28-36(42)35(41)27-22-18-16-15-17-21-26-33(40)25-20-6-4-2/h6,15-18,20-22,26-27,33-36,39-42H,3-5,7-14,19,23-25,28-32H2,1-2H3/b17-15+,18-16-,20-6-,26-21+,27-22-/t33-,34+,35+,36+/m1/s1. The summed E-state index contributed by atoms with van der Waals surface area (Å²) in [6.45, 7) is 3.62. The molecule has 0 bridgehead atoms. The molecule has 0 aromatic rings. The van der Waals surface area contributed by atoms with Crippen molar-refractivity contribution in [1.29, 1.82) is 0 Å². The number of carbonyl (C=O) groups excluding carboxylic acids is 2. The highest BCUT2D eigenvalue weighted by atomic mass is 16.6. The molecule has 0 unspecified atom stereocenters. The van der Waals surface area contributed by atoms with E-state index in [4.69, 9.17) is 9.47 Å². The number of aliphatic hydroxyl groups is 4. The molecule has 264 valence electrons. The molecule has 0 saturated carbocycles. The lowest BCUT2D eigenvalue weighted by Crippen LogP contribution is -2.28. The van der Waals surface area contributed by atoms with E-state index in [2.05, 4.69) is 6.92 Å². The van der Waals surface area contributed by atoms with E-state index < -0.39 is 43.0 Å². The van der Waals surface area contributed by atoms with Gasteiger partial charge in [0.15, 0.2) is 6.10 Å². The van der Waals surface area contributed by atoms with Gasteiger partial charge in [-0.25, -0.2) is 0 Å². The molecule has 0 aliphatic heterocycles. The number of unbranched alkanes of at least 4 members (excludes halogenated alkanes) is 11. The number of allylic oxidation sites excluding steroid dienone is 7. The van der Waals surface area contributed by atoms with Crippen LogP contribution in [0.4, 0.5) is 0 Å². The molecule has 0 radical (unpaired) electrons. The van der Waals surface area contributed by atoms with Crippen molar-refractivity contribution in [3.63, 3.8) is 0 Å². The van der Waals surface area contributed by atoms with E-state index >= 15 is 0 Å². The first-order chi connectivity index (χ1) is 22.3. The van der Waals surface area contributed by atoms with Crippen molar-refractivity contribution in [2.45, 2.75) is 154 Å². The summed E-state index contributed by atoms with van der Waals surface area (Å²) in [4.78, 5) is 24.2. The normalized spacial score (nSPS) is 15.0. The topological polar surface area (TPSA) is 134 Å². The van der Waals surface area contributed by atoms with Crippen LogP contribution in [0, 0.1) is 0 Å². The monoisotopic (exact) mass is 648 g/mol. The van der Waals surface area contributed by atoms with Crippen molar-refractivity contribution in [3.8, 4) is 0 Å². The minimum absolute atomic E-state index is 0.0280. The fourth-order valence-electron chi connectivity index (χ4n) is 4.60. The molecule has 0 saturated heterocycles. The van der Waals surface area contributed by atoms with Crippen LogP contribution in [0.5, 0.6) is 0 Å². The Kier molecular flexibility index (Phi) is 30.6. The van der Waals surface area contributed by atoms with Crippen LogP contribution >= 0.6 is 0 Å². The number of hydrogen-bond donors (Lipinski definition) is 4. The Morgan fingerprint density at radius 2 is 1.20 bits per heavy atom. The number of aliphatic hydroxyl groups excluding tert-OH is 4. The lowest BCUT2D eigenvalue weighted by Gasteiger charge is -2.16. The predicted molar refractivity (Wildman–Crippen MR) is 186 cm³/mol. The van der Waals surface area contributed by atoms with Gasteiger partial charge in [-0.15, -0.1) is 0 Å². The highest BCUT2D eigenvalue weighted by Gasteiger charge is 2.17. The van der Waals surface area contributed by atoms with Gasteiger partial charge in [0.1, 0.15) is 6.61 Å². The van der Waals surface area contributed by atoms with E-state index in [1.54, 1.807) is 42.5 Å². The van der Waals surface area contributed by atoms with Gasteiger partial charge >= 0.3 is 11.9 Å². The molecule has 0 fully saturated rings. The van der Waals surface area contributed by atoms with Gasteiger partial charge in [0.25, 0.3) is 0 Å². The van der Waals surface area contributed by atoms with Crippen molar-refractivity contribution in [1.82, 2.24) is 0 Å². The number of ether oxygens (including phenoxy) is 2. The quantitative estimate of drug-likeness (QED) is 0.0275. The summed E-state index contributed by atoms with van der Waals surface area (Å²) in [5.74, 6) is -0.928. The first-order valence-electron chi connectivity index (χ1n) is 17.7. The van der Waals surface area contributed by atoms with Crippen molar-refractivity contribution in [2.75, 3.05) is 13.2 Å². The van der Waals surface area contributed by atoms with Gasteiger partial charge in [-0.05, 0) is 32.1 Å². The molecular weight excluding hydrogens is 584 g/mol. The van der Waals surface area contributed by atoms with Crippen LogP contribution in [0.3, 0.4) is 0 Å². The van der Waals surface area contributed by atoms with Crippen molar-refractivity contribution < 1.29 is 39.5 Å². The fraction of sp³-hybridized carbons (Fsp3) is 0.684. The van der Waals surface area contributed by atoms with Crippen LogP contribution in [0.1, 0.15) is 129 Å². The molecule has 0 aliphatic carbocycles. The molecule has 8 nitrogen and oxygen atoms in total. The third-order valence-electron chi connectivity index (χ3n) is 7.42. The van der Waals surface area contributed by atoms with Crippen LogP contribution in [-0.2, 0) is 19.1 Å². The van der Waals surface area contributed by atoms with Gasteiger partial charge in [-0.3, -0.25) is 9.59 Å². The van der Waals surface area contributed by atoms with E-state index in [1.807, 2.05) is 19.1 Å². The Labute approximate surface area is 279 Å². The van der Waals surface area contributed by atoms with Crippen molar-refractivity contribution in [2.24, 2.45) is 0 Å². The molecule has 0 aliphatic rings. The lowest BCUT2D eigenvalue weighted by molar-refractivity contribution is -0.161. The summed E-state index contributed by atoms with van der Waals surface area (Å²) >= 11 is 0. The smallest absolute Gasteiger partial charge is 0.306 e. The molecule has 0 rings (SSSR count). The first-order valence-corrected chi connectivity index (χ1v) is 17.7. The molecule has 46 heavy (non-hydrogen) atoms. The highest BCUT2D eigenvalue weighted by Crippen LogP contribution is 2.13. The van der Waals surface area contributed by atoms with Crippen LogP contribution in [0.2, 0.25) is 0 Å². The van der Waals surface area contributed by atoms with Crippen LogP contribution in [0.15, 0.2) is 60.8 Å². The van der Waals surface area contributed by atoms with Gasteiger partial charge in [0, 0.05) is 12.8 Å². The zero-order chi connectivity index (χ0) is 34.1.